The zero-order valence-electron chi connectivity index (χ0n) is 14.1. The van der Waals surface area contributed by atoms with Gasteiger partial charge < -0.3 is 19.9 Å². The molecule has 0 aromatic rings. The predicted octanol–water partition coefficient (Wildman–Crippen LogP) is 1.65. The lowest BCUT2D eigenvalue weighted by Gasteiger charge is -2.31. The topological polar surface area (TPSA) is 134 Å². The Hall–Kier alpha value is -1.83. The Labute approximate surface area is 136 Å². The Morgan fingerprint density at radius 1 is 1.48 bits per heavy atom. The van der Waals surface area contributed by atoms with E-state index in [2.05, 4.69) is 20.1 Å². The normalized spacial score (nSPS) is 17.6. The largest absolute Gasteiger partial charge is 0.462 e. The van der Waals surface area contributed by atoms with Gasteiger partial charge in [-0.3, -0.25) is 9.59 Å². The highest BCUT2D eigenvalue weighted by Crippen LogP contribution is 2.22. The van der Waals surface area contributed by atoms with E-state index in [-0.39, 0.29) is 12.0 Å². The first-order valence-corrected chi connectivity index (χ1v) is 7.40. The van der Waals surface area contributed by atoms with Crippen LogP contribution in [0.25, 0.3) is 10.4 Å². The van der Waals surface area contributed by atoms with Gasteiger partial charge in [0, 0.05) is 4.91 Å². The average molecular weight is 330 g/mol. The van der Waals surface area contributed by atoms with Crippen LogP contribution in [0.5, 0.6) is 0 Å². The van der Waals surface area contributed by atoms with Gasteiger partial charge in [0.15, 0.2) is 6.23 Å². The second-order valence-corrected chi connectivity index (χ2v) is 6.27. The van der Waals surface area contributed by atoms with E-state index in [4.69, 9.17) is 10.3 Å². The summed E-state index contributed by atoms with van der Waals surface area (Å²) < 4.78 is 9.37. The molecule has 1 aliphatic rings. The van der Waals surface area contributed by atoms with E-state index >= 15 is 0 Å². The van der Waals surface area contributed by atoms with Crippen LogP contribution in [0, 0.1) is 0 Å². The van der Waals surface area contributed by atoms with E-state index in [9.17, 15) is 14.7 Å². The average Bonchev–Trinajstić information content (AvgIpc) is 2.37. The molecule has 1 heterocycles. The fraction of sp³-hybridized carbons (Fsp3) is 0.857. The molecule has 132 valence electrons. The molecule has 1 atom stereocenters. The fourth-order valence-electron chi connectivity index (χ4n) is 1.81. The molecule has 0 spiro atoms. The second kappa shape index (κ2) is 10.0. The van der Waals surface area contributed by atoms with Crippen LogP contribution in [-0.2, 0) is 19.1 Å². The highest BCUT2D eigenvalue weighted by molar-refractivity contribution is 5.70. The molecule has 2 N–H and O–H groups in total. The van der Waals surface area contributed by atoms with E-state index in [1.165, 1.54) is 6.92 Å². The molecule has 0 saturated carbocycles. The number of hydrogen-bond donors (Lipinski definition) is 2. The summed E-state index contributed by atoms with van der Waals surface area (Å²) in [5, 5.41) is 16.4. The fourth-order valence-corrected chi connectivity index (χ4v) is 1.81. The minimum absolute atomic E-state index is 0.0556. The maximum atomic E-state index is 11.4. The third-order valence-corrected chi connectivity index (χ3v) is 2.93. The third kappa shape index (κ3) is 11.4. The van der Waals surface area contributed by atoms with Gasteiger partial charge in [0.1, 0.15) is 5.60 Å². The molecule has 1 unspecified atom stereocenters. The third-order valence-electron chi connectivity index (χ3n) is 2.93. The quantitative estimate of drug-likeness (QED) is 0.259. The van der Waals surface area contributed by atoms with Gasteiger partial charge in [-0.25, -0.2) is 0 Å². The maximum Gasteiger partial charge on any atom is 0.309 e. The summed E-state index contributed by atoms with van der Waals surface area (Å²) in [6.07, 6.45) is 0.165. The number of piperidine rings is 1. The number of carbonyl (C=O) groups is 2. The van der Waals surface area contributed by atoms with Crippen LogP contribution in [0.15, 0.2) is 5.11 Å². The van der Waals surface area contributed by atoms with Gasteiger partial charge in [0.25, 0.3) is 6.47 Å². The summed E-state index contributed by atoms with van der Waals surface area (Å²) in [7, 11) is 0. The molecule has 1 fully saturated rings. The first kappa shape index (κ1) is 21.2. The van der Waals surface area contributed by atoms with Gasteiger partial charge in [-0.15, -0.1) is 0 Å². The maximum absolute atomic E-state index is 11.4. The molecule has 0 aliphatic carbocycles. The van der Waals surface area contributed by atoms with Crippen molar-refractivity contribution < 1.29 is 24.2 Å². The Morgan fingerprint density at radius 2 is 2.04 bits per heavy atom. The summed E-state index contributed by atoms with van der Waals surface area (Å²) in [5.41, 5.74) is 6.83. The molecule has 0 aromatic heterocycles. The Balaban J connectivity index is 0.000000585. The molecule has 1 aliphatic heterocycles. The van der Waals surface area contributed by atoms with Gasteiger partial charge in [-0.2, -0.15) is 0 Å². The van der Waals surface area contributed by atoms with Gasteiger partial charge in [-0.1, -0.05) is 0 Å². The van der Waals surface area contributed by atoms with Gasteiger partial charge >= 0.3 is 5.97 Å². The summed E-state index contributed by atoms with van der Waals surface area (Å²) in [4.78, 5) is 23.5. The first-order chi connectivity index (χ1) is 10.6. The van der Waals surface area contributed by atoms with Crippen molar-refractivity contribution in [1.29, 1.82) is 0 Å². The zero-order chi connectivity index (χ0) is 17.9. The van der Waals surface area contributed by atoms with Crippen molar-refractivity contribution in [2.45, 2.75) is 64.4 Å². The van der Waals surface area contributed by atoms with Gasteiger partial charge in [-0.05, 0) is 64.3 Å². The number of esters is 1. The molecule has 0 amide bonds. The van der Waals surface area contributed by atoms with Gasteiger partial charge in [0.05, 0.1) is 12.0 Å². The van der Waals surface area contributed by atoms with Crippen LogP contribution in [0.4, 0.5) is 0 Å². The lowest BCUT2D eigenvalue weighted by molar-refractivity contribution is -0.154. The molecule has 9 heteroatoms. The summed E-state index contributed by atoms with van der Waals surface area (Å²) >= 11 is 0. The first-order valence-electron chi connectivity index (χ1n) is 7.40. The summed E-state index contributed by atoms with van der Waals surface area (Å²) in [6, 6.07) is 0. The summed E-state index contributed by atoms with van der Waals surface area (Å²) in [5.74, 6) is -0.538. The summed E-state index contributed by atoms with van der Waals surface area (Å²) in [6.45, 7) is 8.78. The van der Waals surface area contributed by atoms with Crippen LogP contribution < -0.4 is 5.32 Å². The van der Waals surface area contributed by atoms with E-state index < -0.39 is 17.8 Å². The van der Waals surface area contributed by atoms with E-state index in [1.54, 1.807) is 0 Å². The predicted molar refractivity (Wildman–Crippen MR) is 83.3 cm³/mol. The minimum Gasteiger partial charge on any atom is -0.462 e. The number of rotatable bonds is 5. The number of azide groups is 1. The minimum atomic E-state index is -0.988. The number of carbonyl (C=O) groups excluding carboxylic acids is 2. The second-order valence-electron chi connectivity index (χ2n) is 6.27. The molecule has 0 radical (unpaired) electrons. The lowest BCUT2D eigenvalue weighted by atomic mass is 9.89. The Bertz CT molecular complexity index is 423. The monoisotopic (exact) mass is 330 g/mol. The van der Waals surface area contributed by atoms with Crippen LogP contribution in [0.3, 0.4) is 0 Å². The number of aliphatic hydroxyl groups is 1. The van der Waals surface area contributed by atoms with Crippen molar-refractivity contribution in [2.75, 3.05) is 13.1 Å². The van der Waals surface area contributed by atoms with E-state index in [1.807, 2.05) is 20.8 Å². The number of nitrogens with one attached hydrogen (secondary N) is 1. The number of nitrogens with zero attached hydrogens (tertiary/aromatic N) is 3. The van der Waals surface area contributed by atoms with Crippen molar-refractivity contribution in [1.82, 2.24) is 5.32 Å². The molecule has 1 rings (SSSR count). The van der Waals surface area contributed by atoms with Gasteiger partial charge in [0.2, 0.25) is 0 Å². The van der Waals surface area contributed by atoms with Crippen molar-refractivity contribution in [3.8, 4) is 0 Å². The van der Waals surface area contributed by atoms with Crippen LogP contribution in [-0.4, -0.2) is 48.1 Å². The smallest absolute Gasteiger partial charge is 0.309 e. The standard InChI is InChI=1S/C9H16N4O3.C5H10O2/c1-7(12-13-10)16-8(14)6-9(15)2-4-11-5-3-9;1-5(2,3)7-4-6/h7,11,15H,2-6H2,1H3;4H,1-3H3. The van der Waals surface area contributed by atoms with Crippen LogP contribution in [0.1, 0.15) is 47.0 Å². The van der Waals surface area contributed by atoms with Crippen molar-refractivity contribution in [2.24, 2.45) is 5.11 Å². The molecule has 9 nitrogen and oxygen atoms in total. The van der Waals surface area contributed by atoms with Crippen molar-refractivity contribution >= 4 is 12.4 Å². The number of hydrogen-bond acceptors (Lipinski definition) is 7. The molecular weight excluding hydrogens is 304 g/mol. The SMILES string of the molecule is CC(C)(C)OC=O.CC(N=[N+]=[N-])OC(=O)CC1(O)CCNCC1. The molecular formula is C14H26N4O5. The van der Waals surface area contributed by atoms with Crippen molar-refractivity contribution in [3.63, 3.8) is 0 Å². The Morgan fingerprint density at radius 3 is 2.43 bits per heavy atom. The highest BCUT2D eigenvalue weighted by Gasteiger charge is 2.32. The number of ether oxygens (including phenoxy) is 2. The van der Waals surface area contributed by atoms with Crippen LogP contribution >= 0.6 is 0 Å². The molecule has 0 aromatic carbocycles. The molecule has 0 bridgehead atoms. The molecule has 1 saturated heterocycles. The highest BCUT2D eigenvalue weighted by atomic mass is 16.6. The zero-order valence-corrected chi connectivity index (χ0v) is 14.1. The van der Waals surface area contributed by atoms with Crippen LogP contribution in [0.2, 0.25) is 0 Å². The molecule has 23 heavy (non-hydrogen) atoms. The van der Waals surface area contributed by atoms with E-state index in [0.29, 0.717) is 32.4 Å². The lowest BCUT2D eigenvalue weighted by Crippen LogP contribution is -2.43. The van der Waals surface area contributed by atoms with Crippen molar-refractivity contribution in [3.05, 3.63) is 10.4 Å². The Kier molecular flexibility index (Phi) is 9.24. The van der Waals surface area contributed by atoms with E-state index in [0.717, 1.165) is 0 Å².